The highest BCUT2D eigenvalue weighted by Crippen LogP contribution is 2.26. The zero-order valence-electron chi connectivity index (χ0n) is 7.27. The molecule has 5 heteroatoms. The van der Waals surface area contributed by atoms with E-state index in [0.717, 1.165) is 0 Å². The summed E-state index contributed by atoms with van der Waals surface area (Å²) in [6.45, 7) is 0.131. The van der Waals surface area contributed by atoms with E-state index in [2.05, 4.69) is 5.32 Å². The van der Waals surface area contributed by atoms with Gasteiger partial charge in [-0.15, -0.1) is 0 Å². The molecule has 2 rings (SSSR count). The number of hydrogen-bond donors (Lipinski definition) is 2. The molecule has 14 heavy (non-hydrogen) atoms. The monoisotopic (exact) mass is 212 g/mol. The number of nitrogens with zero attached hydrogens (tertiary/aromatic N) is 1. The molecule has 1 unspecified atom stereocenters. The Morgan fingerprint density at radius 3 is 2.79 bits per heavy atom. The average molecular weight is 213 g/mol. The highest BCUT2D eigenvalue weighted by molar-refractivity contribution is 6.31. The summed E-state index contributed by atoms with van der Waals surface area (Å²) in [5.74, 6) is -0.352. The number of hydrogen-bond acceptors (Lipinski definition) is 3. The van der Waals surface area contributed by atoms with Gasteiger partial charge in [0.25, 0.3) is 5.91 Å². The van der Waals surface area contributed by atoms with E-state index in [0.29, 0.717) is 15.6 Å². The zero-order chi connectivity index (χ0) is 10.1. The van der Waals surface area contributed by atoms with E-state index in [9.17, 15) is 10.0 Å². The number of halogens is 1. The summed E-state index contributed by atoms with van der Waals surface area (Å²) >= 11 is 5.93. The number of amides is 1. The predicted molar refractivity (Wildman–Crippen MR) is 50.8 cm³/mol. The molecule has 1 atom stereocenters. The van der Waals surface area contributed by atoms with Crippen LogP contribution in [0.15, 0.2) is 24.3 Å². The molecule has 2 N–H and O–H groups in total. The van der Waals surface area contributed by atoms with Crippen LogP contribution in [0.25, 0.3) is 0 Å². The fourth-order valence-electron chi connectivity index (χ4n) is 1.43. The molecule has 0 spiro atoms. The number of hydroxylamine groups is 2. The molecule has 0 aromatic heterocycles. The van der Waals surface area contributed by atoms with E-state index in [1.54, 1.807) is 24.3 Å². The summed E-state index contributed by atoms with van der Waals surface area (Å²) in [5, 5.41) is 13.4. The highest BCUT2D eigenvalue weighted by Gasteiger charge is 2.31. The van der Waals surface area contributed by atoms with Crippen molar-refractivity contribution in [3.63, 3.8) is 0 Å². The minimum atomic E-state index is -0.531. The summed E-state index contributed by atoms with van der Waals surface area (Å²) in [6.07, 6.45) is -0.531. The first-order valence-corrected chi connectivity index (χ1v) is 4.56. The second-order valence-electron chi connectivity index (χ2n) is 3.04. The molecule has 1 heterocycles. The number of benzene rings is 1. The fraction of sp³-hybridized carbons (Fsp3) is 0.222. The van der Waals surface area contributed by atoms with Crippen LogP contribution in [0.3, 0.4) is 0 Å². The lowest BCUT2D eigenvalue weighted by atomic mass is 10.2. The van der Waals surface area contributed by atoms with Crippen molar-refractivity contribution >= 4 is 17.5 Å². The Bertz CT molecular complexity index is 370. The van der Waals surface area contributed by atoms with Crippen molar-refractivity contribution in [1.29, 1.82) is 0 Å². The summed E-state index contributed by atoms with van der Waals surface area (Å²) in [5.41, 5.74) is 0.697. The van der Waals surface area contributed by atoms with E-state index >= 15 is 0 Å². The Labute approximate surface area is 86.0 Å². The Morgan fingerprint density at radius 1 is 1.50 bits per heavy atom. The van der Waals surface area contributed by atoms with Crippen LogP contribution < -0.4 is 5.32 Å². The summed E-state index contributed by atoms with van der Waals surface area (Å²) in [4.78, 5) is 11.0. The van der Waals surface area contributed by atoms with Crippen LogP contribution in [0.4, 0.5) is 0 Å². The predicted octanol–water partition coefficient (Wildman–Crippen LogP) is 1.16. The van der Waals surface area contributed by atoms with Crippen molar-refractivity contribution in [3.8, 4) is 0 Å². The lowest BCUT2D eigenvalue weighted by Crippen LogP contribution is -2.26. The van der Waals surface area contributed by atoms with Gasteiger partial charge in [-0.3, -0.25) is 15.3 Å². The van der Waals surface area contributed by atoms with Gasteiger partial charge in [-0.25, -0.2) is 5.06 Å². The van der Waals surface area contributed by atoms with Gasteiger partial charge in [-0.1, -0.05) is 29.8 Å². The Morgan fingerprint density at radius 2 is 2.21 bits per heavy atom. The van der Waals surface area contributed by atoms with Crippen LogP contribution in [0.1, 0.15) is 11.7 Å². The fourth-order valence-corrected chi connectivity index (χ4v) is 1.67. The van der Waals surface area contributed by atoms with Gasteiger partial charge >= 0.3 is 0 Å². The molecule has 1 fully saturated rings. The van der Waals surface area contributed by atoms with Crippen molar-refractivity contribution in [2.24, 2.45) is 0 Å². The Balaban J connectivity index is 2.32. The molecule has 4 nitrogen and oxygen atoms in total. The number of rotatable bonds is 1. The first-order chi connectivity index (χ1) is 6.70. The molecule has 74 valence electrons. The minimum Gasteiger partial charge on any atom is -0.284 e. The van der Waals surface area contributed by atoms with Gasteiger partial charge in [0.05, 0.1) is 6.54 Å². The SMILES string of the molecule is O=C1CNC(c2ccccc2Cl)N1O. The summed E-state index contributed by atoms with van der Waals surface area (Å²) < 4.78 is 0. The van der Waals surface area contributed by atoms with E-state index in [1.807, 2.05) is 0 Å². The number of carbonyl (C=O) groups excluding carboxylic acids is 1. The van der Waals surface area contributed by atoms with Gasteiger partial charge in [0.15, 0.2) is 0 Å². The molecule has 1 aromatic rings. The van der Waals surface area contributed by atoms with E-state index in [-0.39, 0.29) is 12.5 Å². The first-order valence-electron chi connectivity index (χ1n) is 4.19. The van der Waals surface area contributed by atoms with Crippen molar-refractivity contribution in [3.05, 3.63) is 34.9 Å². The van der Waals surface area contributed by atoms with Gasteiger partial charge in [-0.05, 0) is 6.07 Å². The van der Waals surface area contributed by atoms with Crippen molar-refractivity contribution < 1.29 is 10.0 Å². The molecule has 1 saturated heterocycles. The third kappa shape index (κ3) is 1.48. The molecule has 0 saturated carbocycles. The normalized spacial score (nSPS) is 21.7. The van der Waals surface area contributed by atoms with Gasteiger partial charge in [0.1, 0.15) is 6.17 Å². The molecular weight excluding hydrogens is 204 g/mol. The van der Waals surface area contributed by atoms with Crippen molar-refractivity contribution in [1.82, 2.24) is 10.4 Å². The molecule has 1 amide bonds. The van der Waals surface area contributed by atoms with Gasteiger partial charge in [0.2, 0.25) is 0 Å². The van der Waals surface area contributed by atoms with Crippen LogP contribution in [0.5, 0.6) is 0 Å². The quantitative estimate of drug-likeness (QED) is 0.687. The second-order valence-corrected chi connectivity index (χ2v) is 3.45. The number of nitrogens with one attached hydrogen (secondary N) is 1. The van der Waals surface area contributed by atoms with E-state index < -0.39 is 6.17 Å². The van der Waals surface area contributed by atoms with Crippen molar-refractivity contribution in [2.75, 3.05) is 6.54 Å². The molecule has 1 aromatic carbocycles. The minimum absolute atomic E-state index is 0.131. The van der Waals surface area contributed by atoms with Crippen LogP contribution >= 0.6 is 11.6 Å². The zero-order valence-corrected chi connectivity index (χ0v) is 8.03. The lowest BCUT2D eigenvalue weighted by molar-refractivity contribution is -0.165. The van der Waals surface area contributed by atoms with E-state index in [4.69, 9.17) is 11.6 Å². The van der Waals surface area contributed by atoms with Crippen LogP contribution in [0.2, 0.25) is 5.02 Å². The Kier molecular flexibility index (Phi) is 2.41. The second kappa shape index (κ2) is 3.57. The molecule has 0 bridgehead atoms. The maximum Gasteiger partial charge on any atom is 0.261 e. The third-order valence-electron chi connectivity index (χ3n) is 2.15. The first kappa shape index (κ1) is 9.45. The van der Waals surface area contributed by atoms with Gasteiger partial charge in [-0.2, -0.15) is 0 Å². The van der Waals surface area contributed by atoms with Crippen LogP contribution in [-0.4, -0.2) is 22.7 Å². The lowest BCUT2D eigenvalue weighted by Gasteiger charge is -2.18. The summed E-state index contributed by atoms with van der Waals surface area (Å²) in [6, 6.07) is 7.08. The maximum atomic E-state index is 11.0. The molecule has 1 aliphatic heterocycles. The highest BCUT2D eigenvalue weighted by atomic mass is 35.5. The topological polar surface area (TPSA) is 52.6 Å². The number of carbonyl (C=O) groups is 1. The molecule has 0 radical (unpaired) electrons. The van der Waals surface area contributed by atoms with Gasteiger partial charge in [0, 0.05) is 10.6 Å². The standard InChI is InChI=1S/C9H9ClN2O2/c10-7-4-2-1-3-6(7)9-11-5-8(13)12(9)14/h1-4,9,11,14H,5H2. The summed E-state index contributed by atoms with van der Waals surface area (Å²) in [7, 11) is 0. The van der Waals surface area contributed by atoms with E-state index in [1.165, 1.54) is 0 Å². The Hall–Kier alpha value is -1.10. The van der Waals surface area contributed by atoms with Crippen molar-refractivity contribution in [2.45, 2.75) is 6.17 Å². The maximum absolute atomic E-state index is 11.0. The largest absolute Gasteiger partial charge is 0.284 e. The third-order valence-corrected chi connectivity index (χ3v) is 2.49. The van der Waals surface area contributed by atoms with Gasteiger partial charge < -0.3 is 0 Å². The average Bonchev–Trinajstić information content (AvgIpc) is 2.49. The molecule has 0 aliphatic carbocycles. The van der Waals surface area contributed by atoms with Crippen LogP contribution in [0, 0.1) is 0 Å². The molecule has 1 aliphatic rings. The smallest absolute Gasteiger partial charge is 0.261 e. The molecular formula is C9H9ClN2O2. The van der Waals surface area contributed by atoms with Crippen LogP contribution in [-0.2, 0) is 4.79 Å².